The van der Waals surface area contributed by atoms with Gasteiger partial charge in [0.15, 0.2) is 5.82 Å². The summed E-state index contributed by atoms with van der Waals surface area (Å²) in [5.41, 5.74) is -0.215. The van der Waals surface area contributed by atoms with Crippen LogP contribution in [0.25, 0.3) is 0 Å². The molecular formula is C12H11BrF2N2O3. The quantitative estimate of drug-likeness (QED) is 0.878. The molecule has 1 saturated carbocycles. The van der Waals surface area contributed by atoms with Crippen LogP contribution in [0.4, 0.5) is 19.3 Å². The highest BCUT2D eigenvalue weighted by molar-refractivity contribution is 9.10. The van der Waals surface area contributed by atoms with Gasteiger partial charge in [-0.05, 0) is 34.8 Å². The van der Waals surface area contributed by atoms with Gasteiger partial charge in [-0.3, -0.25) is 4.79 Å². The number of hydrogen-bond donors (Lipinski definition) is 2. The first-order valence-corrected chi connectivity index (χ1v) is 6.61. The summed E-state index contributed by atoms with van der Waals surface area (Å²) < 4.78 is 26.6. The number of nitrogens with one attached hydrogen (secondary N) is 1. The van der Waals surface area contributed by atoms with Crippen LogP contribution in [0.1, 0.15) is 12.8 Å². The van der Waals surface area contributed by atoms with Crippen LogP contribution in [0.15, 0.2) is 16.6 Å². The number of nitrogens with zero attached hydrogens (tertiary/aromatic N) is 1. The molecule has 0 aromatic heterocycles. The third-order valence-electron chi connectivity index (χ3n) is 2.79. The zero-order valence-corrected chi connectivity index (χ0v) is 11.8. The number of carbonyl (C=O) groups excluding carboxylic acids is 1. The van der Waals surface area contributed by atoms with Crippen molar-refractivity contribution >= 4 is 33.6 Å². The van der Waals surface area contributed by atoms with Gasteiger partial charge in [-0.25, -0.2) is 13.6 Å². The van der Waals surface area contributed by atoms with Gasteiger partial charge in [0, 0.05) is 16.6 Å². The van der Waals surface area contributed by atoms with E-state index in [0.717, 1.165) is 11.0 Å². The molecule has 0 unspecified atom stereocenters. The molecule has 2 rings (SSSR count). The monoisotopic (exact) mass is 348 g/mol. The van der Waals surface area contributed by atoms with Crippen molar-refractivity contribution in [3.05, 3.63) is 28.2 Å². The number of hydrogen-bond acceptors (Lipinski definition) is 2. The van der Waals surface area contributed by atoms with Crippen molar-refractivity contribution < 1.29 is 23.5 Å². The third kappa shape index (κ3) is 3.44. The summed E-state index contributed by atoms with van der Waals surface area (Å²) in [4.78, 5) is 23.8. The van der Waals surface area contributed by atoms with Crippen molar-refractivity contribution in [1.82, 2.24) is 4.90 Å². The lowest BCUT2D eigenvalue weighted by molar-refractivity contribution is -0.137. The van der Waals surface area contributed by atoms with Crippen LogP contribution in [-0.4, -0.2) is 34.6 Å². The minimum absolute atomic E-state index is 0.0504. The van der Waals surface area contributed by atoms with Crippen molar-refractivity contribution in [2.24, 2.45) is 0 Å². The molecule has 0 spiro atoms. The van der Waals surface area contributed by atoms with Gasteiger partial charge >= 0.3 is 12.0 Å². The van der Waals surface area contributed by atoms with Crippen LogP contribution >= 0.6 is 15.9 Å². The molecule has 5 nitrogen and oxygen atoms in total. The Bertz CT molecular complexity index is 541. The number of halogens is 3. The molecule has 0 saturated heterocycles. The molecule has 20 heavy (non-hydrogen) atoms. The fourth-order valence-corrected chi connectivity index (χ4v) is 2.25. The molecule has 0 atom stereocenters. The van der Waals surface area contributed by atoms with E-state index >= 15 is 0 Å². The van der Waals surface area contributed by atoms with Crippen LogP contribution in [0, 0.1) is 11.6 Å². The largest absolute Gasteiger partial charge is 0.480 e. The van der Waals surface area contributed by atoms with Crippen molar-refractivity contribution in [3.8, 4) is 0 Å². The summed E-state index contributed by atoms with van der Waals surface area (Å²) >= 11 is 2.95. The fraction of sp³-hybridized carbons (Fsp3) is 0.333. The molecule has 2 N–H and O–H groups in total. The zero-order valence-electron chi connectivity index (χ0n) is 10.2. The lowest BCUT2D eigenvalue weighted by Crippen LogP contribution is -2.40. The molecule has 1 aliphatic rings. The lowest BCUT2D eigenvalue weighted by Gasteiger charge is -2.21. The Hall–Kier alpha value is -1.70. The van der Waals surface area contributed by atoms with Crippen LogP contribution < -0.4 is 5.32 Å². The first-order chi connectivity index (χ1) is 9.38. The van der Waals surface area contributed by atoms with Gasteiger partial charge in [-0.15, -0.1) is 0 Å². The minimum Gasteiger partial charge on any atom is -0.480 e. The highest BCUT2D eigenvalue weighted by Crippen LogP contribution is 2.30. The van der Waals surface area contributed by atoms with Crippen molar-refractivity contribution in [3.63, 3.8) is 0 Å². The SMILES string of the molecule is O=C(O)CN(C(=O)Nc1c(F)cc(F)cc1Br)C1CC1. The Morgan fingerprint density at radius 1 is 1.40 bits per heavy atom. The van der Waals surface area contributed by atoms with Crippen LogP contribution in [0.3, 0.4) is 0 Å². The summed E-state index contributed by atoms with van der Waals surface area (Å²) in [6.07, 6.45) is 1.43. The number of anilines is 1. The molecule has 1 fully saturated rings. The molecule has 8 heteroatoms. The number of urea groups is 1. The van der Waals surface area contributed by atoms with Gasteiger partial charge in [-0.1, -0.05) is 0 Å². The molecule has 2 amide bonds. The summed E-state index contributed by atoms with van der Waals surface area (Å²) in [6, 6.07) is 0.783. The molecule has 0 heterocycles. The van der Waals surface area contributed by atoms with Gasteiger partial charge < -0.3 is 15.3 Å². The van der Waals surface area contributed by atoms with Gasteiger partial charge in [0.05, 0.1) is 5.69 Å². The van der Waals surface area contributed by atoms with E-state index < -0.39 is 30.2 Å². The number of benzene rings is 1. The standard InChI is InChI=1S/C12H11BrF2N2O3/c13-8-3-6(14)4-9(15)11(8)16-12(20)17(5-10(18)19)7-1-2-7/h3-4,7H,1-2,5H2,(H,16,20)(H,18,19). The average Bonchev–Trinajstić information content (AvgIpc) is 3.14. The summed E-state index contributed by atoms with van der Waals surface area (Å²) in [5, 5.41) is 11.0. The molecule has 0 aliphatic heterocycles. The highest BCUT2D eigenvalue weighted by Gasteiger charge is 2.34. The number of amides is 2. The number of rotatable bonds is 4. The van der Waals surface area contributed by atoms with Crippen molar-refractivity contribution in [2.45, 2.75) is 18.9 Å². The topological polar surface area (TPSA) is 69.6 Å². The summed E-state index contributed by atoms with van der Waals surface area (Å²) in [7, 11) is 0. The van der Waals surface area contributed by atoms with E-state index in [1.165, 1.54) is 0 Å². The Balaban J connectivity index is 2.16. The third-order valence-corrected chi connectivity index (χ3v) is 3.42. The Morgan fingerprint density at radius 2 is 2.05 bits per heavy atom. The number of carboxylic acid groups (broad SMARTS) is 1. The van der Waals surface area contributed by atoms with Crippen molar-refractivity contribution in [2.75, 3.05) is 11.9 Å². The summed E-state index contributed by atoms with van der Waals surface area (Å²) in [5.74, 6) is -2.86. The van der Waals surface area contributed by atoms with Crippen LogP contribution in [0.2, 0.25) is 0 Å². The van der Waals surface area contributed by atoms with Crippen LogP contribution in [-0.2, 0) is 4.79 Å². The second kappa shape index (κ2) is 5.74. The maximum Gasteiger partial charge on any atom is 0.323 e. The lowest BCUT2D eigenvalue weighted by atomic mass is 10.3. The predicted molar refractivity (Wildman–Crippen MR) is 70.4 cm³/mol. The first-order valence-electron chi connectivity index (χ1n) is 5.82. The van der Waals surface area contributed by atoms with E-state index in [2.05, 4.69) is 21.2 Å². The van der Waals surface area contributed by atoms with Gasteiger partial charge in [0.1, 0.15) is 12.4 Å². The smallest absolute Gasteiger partial charge is 0.323 e. The molecule has 1 aromatic rings. The Labute approximate surface area is 121 Å². The zero-order chi connectivity index (χ0) is 14.9. The molecular weight excluding hydrogens is 338 g/mol. The fourth-order valence-electron chi connectivity index (χ4n) is 1.74. The molecule has 0 bridgehead atoms. The Kier molecular flexibility index (Phi) is 4.22. The number of carbonyl (C=O) groups is 2. The molecule has 1 aliphatic carbocycles. The van der Waals surface area contributed by atoms with E-state index in [1.807, 2.05) is 0 Å². The van der Waals surface area contributed by atoms with Gasteiger partial charge in [0.2, 0.25) is 0 Å². The normalized spacial score (nSPS) is 13.9. The van der Waals surface area contributed by atoms with Crippen LogP contribution in [0.5, 0.6) is 0 Å². The molecule has 108 valence electrons. The summed E-state index contributed by atoms with van der Waals surface area (Å²) in [6.45, 7) is -0.461. The molecule has 1 aromatic carbocycles. The maximum absolute atomic E-state index is 13.6. The van der Waals surface area contributed by atoms with E-state index in [4.69, 9.17) is 5.11 Å². The minimum atomic E-state index is -1.15. The highest BCUT2D eigenvalue weighted by atomic mass is 79.9. The van der Waals surface area contributed by atoms with E-state index in [9.17, 15) is 18.4 Å². The molecule has 0 radical (unpaired) electrons. The van der Waals surface area contributed by atoms with E-state index in [0.29, 0.717) is 18.9 Å². The second-order valence-corrected chi connectivity index (χ2v) is 5.28. The van der Waals surface area contributed by atoms with Crippen molar-refractivity contribution in [1.29, 1.82) is 0 Å². The number of aliphatic carboxylic acids is 1. The van der Waals surface area contributed by atoms with E-state index in [1.54, 1.807) is 0 Å². The van der Waals surface area contributed by atoms with Gasteiger partial charge in [-0.2, -0.15) is 0 Å². The van der Waals surface area contributed by atoms with Gasteiger partial charge in [0.25, 0.3) is 0 Å². The average molecular weight is 349 g/mol. The number of carboxylic acids is 1. The first kappa shape index (κ1) is 14.7. The second-order valence-electron chi connectivity index (χ2n) is 4.43. The Morgan fingerprint density at radius 3 is 2.55 bits per heavy atom. The predicted octanol–water partition coefficient (Wildman–Crippen LogP) is 2.81. The maximum atomic E-state index is 13.6. The van der Waals surface area contributed by atoms with E-state index in [-0.39, 0.29) is 16.2 Å².